The SMILES string of the molecule is CCn1c(-c2ccc(OC)c(C)c2)ccc(C(C)(C)O)c1=O. The maximum Gasteiger partial charge on any atom is 0.257 e. The molecular formula is C18H23NO3. The summed E-state index contributed by atoms with van der Waals surface area (Å²) in [5.74, 6) is 0.822. The van der Waals surface area contributed by atoms with Gasteiger partial charge in [-0.1, -0.05) is 0 Å². The summed E-state index contributed by atoms with van der Waals surface area (Å²) in [5, 5.41) is 10.1. The van der Waals surface area contributed by atoms with Crippen molar-refractivity contribution in [3.05, 3.63) is 51.8 Å². The van der Waals surface area contributed by atoms with Gasteiger partial charge in [0.2, 0.25) is 0 Å². The van der Waals surface area contributed by atoms with E-state index in [4.69, 9.17) is 4.74 Å². The van der Waals surface area contributed by atoms with Gasteiger partial charge in [0.05, 0.1) is 18.4 Å². The molecule has 0 radical (unpaired) electrons. The number of nitrogens with zero attached hydrogens (tertiary/aromatic N) is 1. The van der Waals surface area contributed by atoms with Crippen LogP contribution in [0, 0.1) is 6.92 Å². The van der Waals surface area contributed by atoms with E-state index in [1.165, 1.54) is 0 Å². The number of hydrogen-bond acceptors (Lipinski definition) is 3. The van der Waals surface area contributed by atoms with E-state index in [1.54, 1.807) is 31.6 Å². The Labute approximate surface area is 131 Å². The van der Waals surface area contributed by atoms with E-state index < -0.39 is 5.60 Å². The molecule has 0 saturated carbocycles. The third kappa shape index (κ3) is 2.92. The Morgan fingerprint density at radius 2 is 1.91 bits per heavy atom. The third-order valence-corrected chi connectivity index (χ3v) is 3.84. The number of aryl methyl sites for hydroxylation is 1. The molecule has 0 fully saturated rings. The van der Waals surface area contributed by atoms with Gasteiger partial charge < -0.3 is 14.4 Å². The van der Waals surface area contributed by atoms with Crippen molar-refractivity contribution in [2.24, 2.45) is 0 Å². The monoisotopic (exact) mass is 301 g/mol. The molecule has 4 heteroatoms. The molecule has 0 unspecified atom stereocenters. The quantitative estimate of drug-likeness (QED) is 0.944. The molecule has 1 aromatic carbocycles. The Bertz CT molecular complexity index is 739. The molecule has 0 aliphatic heterocycles. The van der Waals surface area contributed by atoms with Crippen LogP contribution in [0.15, 0.2) is 35.1 Å². The number of ether oxygens (including phenoxy) is 1. The number of methoxy groups -OCH3 is 1. The second kappa shape index (κ2) is 5.97. The molecule has 1 heterocycles. The summed E-state index contributed by atoms with van der Waals surface area (Å²) in [6.45, 7) is 7.70. The van der Waals surface area contributed by atoms with Gasteiger partial charge >= 0.3 is 0 Å². The highest BCUT2D eigenvalue weighted by Gasteiger charge is 2.22. The van der Waals surface area contributed by atoms with E-state index in [9.17, 15) is 9.90 Å². The molecule has 2 rings (SSSR count). The molecular weight excluding hydrogens is 278 g/mol. The Kier molecular flexibility index (Phi) is 4.42. The minimum Gasteiger partial charge on any atom is -0.496 e. The fourth-order valence-electron chi connectivity index (χ4n) is 2.65. The zero-order chi connectivity index (χ0) is 16.5. The second-order valence-corrected chi connectivity index (χ2v) is 5.93. The third-order valence-electron chi connectivity index (χ3n) is 3.84. The van der Waals surface area contributed by atoms with Crippen LogP contribution in [-0.2, 0) is 12.1 Å². The molecule has 1 N–H and O–H groups in total. The van der Waals surface area contributed by atoms with Gasteiger partial charge in [-0.15, -0.1) is 0 Å². The molecule has 1 aromatic heterocycles. The van der Waals surface area contributed by atoms with E-state index in [0.717, 1.165) is 22.6 Å². The first kappa shape index (κ1) is 16.3. The summed E-state index contributed by atoms with van der Waals surface area (Å²) in [5.41, 5.74) is 1.92. The van der Waals surface area contributed by atoms with E-state index >= 15 is 0 Å². The van der Waals surface area contributed by atoms with Crippen LogP contribution in [0.1, 0.15) is 31.9 Å². The lowest BCUT2D eigenvalue weighted by Crippen LogP contribution is -2.32. The lowest BCUT2D eigenvalue weighted by atomic mass is 9.98. The molecule has 118 valence electrons. The van der Waals surface area contributed by atoms with Gasteiger partial charge in [-0.2, -0.15) is 0 Å². The van der Waals surface area contributed by atoms with Crippen LogP contribution in [-0.4, -0.2) is 16.8 Å². The number of hydrogen-bond donors (Lipinski definition) is 1. The number of benzene rings is 1. The normalized spacial score (nSPS) is 11.5. The van der Waals surface area contributed by atoms with Gasteiger partial charge in [-0.25, -0.2) is 0 Å². The predicted molar refractivity (Wildman–Crippen MR) is 88.3 cm³/mol. The summed E-state index contributed by atoms with van der Waals surface area (Å²) >= 11 is 0. The number of aliphatic hydroxyl groups is 1. The molecule has 0 bridgehead atoms. The van der Waals surface area contributed by atoms with Crippen LogP contribution in [0.4, 0.5) is 0 Å². The molecule has 0 atom stereocenters. The average molecular weight is 301 g/mol. The van der Waals surface area contributed by atoms with E-state index in [0.29, 0.717) is 12.1 Å². The van der Waals surface area contributed by atoms with Crippen LogP contribution in [0.25, 0.3) is 11.3 Å². The van der Waals surface area contributed by atoms with Crippen molar-refractivity contribution < 1.29 is 9.84 Å². The second-order valence-electron chi connectivity index (χ2n) is 5.93. The van der Waals surface area contributed by atoms with Gasteiger partial charge in [0.15, 0.2) is 0 Å². The van der Waals surface area contributed by atoms with E-state index in [1.807, 2.05) is 38.1 Å². The lowest BCUT2D eigenvalue weighted by Gasteiger charge is -2.20. The van der Waals surface area contributed by atoms with Crippen LogP contribution in [0.3, 0.4) is 0 Å². The van der Waals surface area contributed by atoms with E-state index in [-0.39, 0.29) is 5.56 Å². The molecule has 0 aliphatic rings. The zero-order valence-corrected chi connectivity index (χ0v) is 13.8. The summed E-state index contributed by atoms with van der Waals surface area (Å²) in [6.07, 6.45) is 0. The Morgan fingerprint density at radius 1 is 1.23 bits per heavy atom. The van der Waals surface area contributed by atoms with Crippen LogP contribution in [0.2, 0.25) is 0 Å². The van der Waals surface area contributed by atoms with Gasteiger partial charge in [-0.05, 0) is 69.2 Å². The number of aromatic nitrogens is 1. The highest BCUT2D eigenvalue weighted by atomic mass is 16.5. The van der Waals surface area contributed by atoms with Crippen molar-refractivity contribution in [1.82, 2.24) is 4.57 Å². The van der Waals surface area contributed by atoms with Crippen LogP contribution in [0.5, 0.6) is 5.75 Å². The van der Waals surface area contributed by atoms with Crippen molar-refractivity contribution in [3.8, 4) is 17.0 Å². The minimum absolute atomic E-state index is 0.152. The summed E-state index contributed by atoms with van der Waals surface area (Å²) in [6, 6.07) is 9.45. The van der Waals surface area contributed by atoms with Crippen molar-refractivity contribution in [3.63, 3.8) is 0 Å². The summed E-state index contributed by atoms with van der Waals surface area (Å²) in [7, 11) is 1.64. The number of rotatable bonds is 4. The van der Waals surface area contributed by atoms with Gasteiger partial charge in [0.25, 0.3) is 5.56 Å². The standard InChI is InChI=1S/C18H23NO3/c1-6-19-15(9-8-14(17(19)20)18(3,4)21)13-7-10-16(22-5)12(2)11-13/h7-11,21H,6H2,1-5H3. The fraction of sp³-hybridized carbons (Fsp3) is 0.389. The first-order chi connectivity index (χ1) is 10.3. The van der Waals surface area contributed by atoms with Crippen molar-refractivity contribution in [2.75, 3.05) is 7.11 Å². The predicted octanol–water partition coefficient (Wildman–Crippen LogP) is 3.08. The summed E-state index contributed by atoms with van der Waals surface area (Å²) < 4.78 is 6.97. The maximum absolute atomic E-state index is 12.6. The van der Waals surface area contributed by atoms with E-state index in [2.05, 4.69) is 0 Å². The molecule has 0 spiro atoms. The van der Waals surface area contributed by atoms with Crippen molar-refractivity contribution in [2.45, 2.75) is 39.8 Å². The van der Waals surface area contributed by atoms with Crippen LogP contribution < -0.4 is 10.3 Å². The molecule has 2 aromatic rings. The molecule has 4 nitrogen and oxygen atoms in total. The lowest BCUT2D eigenvalue weighted by molar-refractivity contribution is 0.0765. The molecule has 22 heavy (non-hydrogen) atoms. The first-order valence-electron chi connectivity index (χ1n) is 7.41. The maximum atomic E-state index is 12.6. The highest BCUT2D eigenvalue weighted by molar-refractivity contribution is 5.63. The minimum atomic E-state index is -1.15. The topological polar surface area (TPSA) is 51.5 Å². The molecule has 0 saturated heterocycles. The fourth-order valence-corrected chi connectivity index (χ4v) is 2.65. The Balaban J connectivity index is 2.64. The molecule has 0 aliphatic carbocycles. The first-order valence-corrected chi connectivity index (χ1v) is 7.41. The van der Waals surface area contributed by atoms with Gasteiger partial charge in [0, 0.05) is 12.1 Å². The highest BCUT2D eigenvalue weighted by Crippen LogP contribution is 2.26. The summed E-state index contributed by atoms with van der Waals surface area (Å²) in [4.78, 5) is 12.6. The zero-order valence-electron chi connectivity index (χ0n) is 13.8. The van der Waals surface area contributed by atoms with Crippen molar-refractivity contribution >= 4 is 0 Å². The largest absolute Gasteiger partial charge is 0.496 e. The van der Waals surface area contributed by atoms with Crippen molar-refractivity contribution in [1.29, 1.82) is 0 Å². The van der Waals surface area contributed by atoms with Crippen LogP contribution >= 0.6 is 0 Å². The Hall–Kier alpha value is -2.07. The Morgan fingerprint density at radius 3 is 2.41 bits per heavy atom. The van der Waals surface area contributed by atoms with Gasteiger partial charge in [-0.3, -0.25) is 4.79 Å². The number of pyridine rings is 1. The average Bonchev–Trinajstić information content (AvgIpc) is 2.45. The molecule has 0 amide bonds. The van der Waals surface area contributed by atoms with Gasteiger partial charge in [0.1, 0.15) is 5.75 Å². The smallest absolute Gasteiger partial charge is 0.257 e.